The highest BCUT2D eigenvalue weighted by Gasteiger charge is 2.28. The predicted octanol–water partition coefficient (Wildman–Crippen LogP) is 3.54. The molecule has 0 radical (unpaired) electrons. The second-order valence-electron chi connectivity index (χ2n) is 7.72. The number of aryl methyl sites for hydroxylation is 1. The smallest absolute Gasteiger partial charge is 0.252 e. The molecule has 1 fully saturated rings. The molecule has 0 aromatic heterocycles. The summed E-state index contributed by atoms with van der Waals surface area (Å²) in [6.45, 7) is 3.16. The van der Waals surface area contributed by atoms with Crippen LogP contribution >= 0.6 is 0 Å². The van der Waals surface area contributed by atoms with Gasteiger partial charge in [0.05, 0.1) is 24.2 Å². The van der Waals surface area contributed by atoms with Crippen LogP contribution < -0.4 is 5.32 Å². The van der Waals surface area contributed by atoms with Crippen molar-refractivity contribution in [2.45, 2.75) is 17.9 Å². The van der Waals surface area contributed by atoms with E-state index in [0.717, 1.165) is 11.1 Å². The van der Waals surface area contributed by atoms with Crippen LogP contribution in [0.3, 0.4) is 0 Å². The third-order valence-electron chi connectivity index (χ3n) is 5.60. The van der Waals surface area contributed by atoms with E-state index >= 15 is 0 Å². The molecular weight excluding hydrogens is 424 g/mol. The fourth-order valence-corrected chi connectivity index (χ4v) is 5.24. The van der Waals surface area contributed by atoms with E-state index in [1.54, 1.807) is 19.1 Å². The first kappa shape index (κ1) is 22.2. The number of hydrogen-bond acceptors (Lipinski definition) is 4. The van der Waals surface area contributed by atoms with E-state index in [0.29, 0.717) is 37.4 Å². The molecule has 0 aliphatic carbocycles. The van der Waals surface area contributed by atoms with Crippen LogP contribution in [0.5, 0.6) is 0 Å². The number of amides is 1. The number of nitrogens with one attached hydrogen (secondary N) is 1. The maximum Gasteiger partial charge on any atom is 0.252 e. The van der Waals surface area contributed by atoms with Crippen molar-refractivity contribution in [1.82, 2.24) is 9.62 Å². The molecule has 0 bridgehead atoms. The van der Waals surface area contributed by atoms with Crippen molar-refractivity contribution in [3.05, 3.63) is 101 Å². The number of hydrogen-bond donors (Lipinski definition) is 1. The van der Waals surface area contributed by atoms with Crippen molar-refractivity contribution < 1.29 is 17.9 Å². The van der Waals surface area contributed by atoms with Gasteiger partial charge in [-0.3, -0.25) is 4.79 Å². The molecule has 6 nitrogen and oxygen atoms in total. The van der Waals surface area contributed by atoms with Gasteiger partial charge in [0.1, 0.15) is 0 Å². The molecule has 0 unspecified atom stereocenters. The topological polar surface area (TPSA) is 75.7 Å². The summed E-state index contributed by atoms with van der Waals surface area (Å²) < 4.78 is 32.8. The molecular formula is C25H26N2O4S. The second-order valence-corrected chi connectivity index (χ2v) is 9.66. The molecule has 0 spiro atoms. The average molecular weight is 451 g/mol. The quantitative estimate of drug-likeness (QED) is 0.623. The van der Waals surface area contributed by atoms with E-state index in [1.807, 2.05) is 60.7 Å². The summed E-state index contributed by atoms with van der Waals surface area (Å²) in [7, 11) is -3.69. The molecule has 7 heteroatoms. The van der Waals surface area contributed by atoms with Crippen molar-refractivity contribution >= 4 is 15.9 Å². The lowest BCUT2D eigenvalue weighted by molar-refractivity contribution is 0.0730. The van der Waals surface area contributed by atoms with Crippen LogP contribution in [0.25, 0.3) is 0 Å². The SMILES string of the molecule is Cc1ccc(S(=O)(=O)N2CCOCC2)cc1C(=O)NC(c1ccccc1)c1ccccc1. The maximum atomic E-state index is 13.3. The van der Waals surface area contributed by atoms with Crippen LogP contribution in [-0.4, -0.2) is 44.9 Å². The fourth-order valence-electron chi connectivity index (χ4n) is 3.80. The summed E-state index contributed by atoms with van der Waals surface area (Å²) in [4.78, 5) is 13.5. The lowest BCUT2D eigenvalue weighted by Crippen LogP contribution is -2.40. The van der Waals surface area contributed by atoms with Gasteiger partial charge in [0.2, 0.25) is 10.0 Å². The lowest BCUT2D eigenvalue weighted by Gasteiger charge is -2.26. The van der Waals surface area contributed by atoms with Gasteiger partial charge in [0, 0.05) is 18.7 Å². The molecule has 0 saturated carbocycles. The van der Waals surface area contributed by atoms with E-state index in [4.69, 9.17) is 4.74 Å². The van der Waals surface area contributed by atoms with E-state index in [2.05, 4.69) is 5.32 Å². The molecule has 32 heavy (non-hydrogen) atoms. The van der Waals surface area contributed by atoms with Gasteiger partial charge in [0.15, 0.2) is 0 Å². The Kier molecular flexibility index (Phi) is 6.69. The van der Waals surface area contributed by atoms with E-state index < -0.39 is 10.0 Å². The van der Waals surface area contributed by atoms with Gasteiger partial charge in [-0.05, 0) is 35.7 Å². The van der Waals surface area contributed by atoms with Gasteiger partial charge in [-0.2, -0.15) is 4.31 Å². The molecule has 1 heterocycles. The minimum atomic E-state index is -3.69. The zero-order valence-electron chi connectivity index (χ0n) is 17.9. The Morgan fingerprint density at radius 2 is 1.47 bits per heavy atom. The summed E-state index contributed by atoms with van der Waals surface area (Å²) in [6.07, 6.45) is 0. The van der Waals surface area contributed by atoms with Crippen LogP contribution in [0.2, 0.25) is 0 Å². The van der Waals surface area contributed by atoms with Gasteiger partial charge in [-0.25, -0.2) is 8.42 Å². The van der Waals surface area contributed by atoms with Crippen LogP contribution in [-0.2, 0) is 14.8 Å². The molecule has 1 aliphatic rings. The van der Waals surface area contributed by atoms with Crippen molar-refractivity contribution in [1.29, 1.82) is 0 Å². The second kappa shape index (κ2) is 9.65. The number of rotatable bonds is 6. The summed E-state index contributed by atoms with van der Waals surface area (Å²) >= 11 is 0. The number of ether oxygens (including phenoxy) is 1. The summed E-state index contributed by atoms with van der Waals surface area (Å²) in [6, 6.07) is 23.8. The Morgan fingerprint density at radius 3 is 2.03 bits per heavy atom. The van der Waals surface area contributed by atoms with Gasteiger partial charge >= 0.3 is 0 Å². The summed E-state index contributed by atoms with van der Waals surface area (Å²) in [5.74, 6) is -0.320. The van der Waals surface area contributed by atoms with E-state index in [1.165, 1.54) is 10.4 Å². The zero-order valence-corrected chi connectivity index (χ0v) is 18.7. The molecule has 1 saturated heterocycles. The van der Waals surface area contributed by atoms with Gasteiger partial charge in [-0.15, -0.1) is 0 Å². The average Bonchev–Trinajstić information content (AvgIpc) is 2.84. The predicted molar refractivity (Wildman–Crippen MR) is 123 cm³/mol. The van der Waals surface area contributed by atoms with Crippen LogP contribution in [0.4, 0.5) is 0 Å². The van der Waals surface area contributed by atoms with Crippen molar-refractivity contribution in [3.8, 4) is 0 Å². The molecule has 4 rings (SSSR count). The maximum absolute atomic E-state index is 13.3. The number of nitrogens with zero attached hydrogens (tertiary/aromatic N) is 1. The highest BCUT2D eigenvalue weighted by Crippen LogP contribution is 2.25. The number of carbonyl (C=O) groups is 1. The van der Waals surface area contributed by atoms with Crippen molar-refractivity contribution in [2.24, 2.45) is 0 Å². The van der Waals surface area contributed by atoms with E-state index in [9.17, 15) is 13.2 Å². The van der Waals surface area contributed by atoms with Crippen molar-refractivity contribution in [2.75, 3.05) is 26.3 Å². The fraction of sp³-hybridized carbons (Fsp3) is 0.240. The summed E-state index contributed by atoms with van der Waals surface area (Å²) in [5.41, 5.74) is 2.95. The minimum Gasteiger partial charge on any atom is -0.379 e. The largest absolute Gasteiger partial charge is 0.379 e. The third-order valence-corrected chi connectivity index (χ3v) is 7.50. The minimum absolute atomic E-state index is 0.117. The van der Waals surface area contributed by atoms with Gasteiger partial charge < -0.3 is 10.1 Å². The first-order chi connectivity index (χ1) is 15.5. The Labute approximate surface area is 188 Å². The van der Waals surface area contributed by atoms with Crippen LogP contribution in [0, 0.1) is 6.92 Å². The number of benzene rings is 3. The zero-order chi connectivity index (χ0) is 22.6. The van der Waals surface area contributed by atoms with Crippen LogP contribution in [0.1, 0.15) is 33.1 Å². The lowest BCUT2D eigenvalue weighted by atomic mass is 9.98. The van der Waals surface area contributed by atoms with Crippen LogP contribution in [0.15, 0.2) is 83.8 Å². The molecule has 0 atom stereocenters. The van der Waals surface area contributed by atoms with Gasteiger partial charge in [0.25, 0.3) is 5.91 Å². The molecule has 1 aliphatic heterocycles. The normalized spacial score (nSPS) is 14.9. The Balaban J connectivity index is 1.65. The number of morpholine rings is 1. The highest BCUT2D eigenvalue weighted by atomic mass is 32.2. The van der Waals surface area contributed by atoms with E-state index in [-0.39, 0.29) is 16.8 Å². The molecule has 1 amide bonds. The Hall–Kier alpha value is -3.00. The molecule has 166 valence electrons. The summed E-state index contributed by atoms with van der Waals surface area (Å²) in [5, 5.41) is 3.10. The third kappa shape index (κ3) is 4.75. The first-order valence-electron chi connectivity index (χ1n) is 10.6. The molecule has 3 aromatic rings. The number of sulfonamides is 1. The Bertz CT molecular complexity index is 1140. The first-order valence-corrected chi connectivity index (χ1v) is 12.0. The monoisotopic (exact) mass is 450 g/mol. The number of carbonyl (C=O) groups excluding carboxylic acids is 1. The molecule has 3 aromatic carbocycles. The van der Waals surface area contributed by atoms with Gasteiger partial charge in [-0.1, -0.05) is 66.7 Å². The Morgan fingerprint density at radius 1 is 0.906 bits per heavy atom. The molecule has 1 N–H and O–H groups in total. The van der Waals surface area contributed by atoms with Crippen molar-refractivity contribution in [3.63, 3.8) is 0 Å². The highest BCUT2D eigenvalue weighted by molar-refractivity contribution is 7.89. The standard InChI is InChI=1S/C25H26N2O4S/c1-19-12-13-22(32(29,30)27-14-16-31-17-15-27)18-23(19)25(28)26-24(20-8-4-2-5-9-20)21-10-6-3-7-11-21/h2-13,18,24H,14-17H2,1H3,(H,26,28).